The van der Waals surface area contributed by atoms with E-state index >= 15 is 0 Å². The molecular weight excluding hydrogens is 418 g/mol. The maximum absolute atomic E-state index is 6.06. The fourth-order valence-corrected chi connectivity index (χ4v) is 5.52. The lowest BCUT2D eigenvalue weighted by atomic mass is 9.81. The van der Waals surface area contributed by atoms with E-state index in [1.165, 1.54) is 44.5 Å². The molecule has 0 saturated heterocycles. The fraction of sp³-hybridized carbons (Fsp3) is 0.267. The first-order valence-corrected chi connectivity index (χ1v) is 12.1. The van der Waals surface area contributed by atoms with Gasteiger partial charge in [0, 0.05) is 69.5 Å². The first-order valence-electron chi connectivity index (χ1n) is 12.1. The second-order valence-electron chi connectivity index (χ2n) is 8.95. The third-order valence-corrected chi connectivity index (χ3v) is 7.12. The van der Waals surface area contributed by atoms with Crippen molar-refractivity contribution in [3.8, 4) is 5.75 Å². The van der Waals surface area contributed by atoms with Crippen molar-refractivity contribution >= 4 is 27.5 Å². The number of nitrogens with one attached hydrogen (secondary N) is 2. The number of ether oxygens (including phenoxy) is 1. The van der Waals surface area contributed by atoms with Crippen LogP contribution < -0.4 is 9.64 Å². The van der Waals surface area contributed by atoms with Crippen molar-refractivity contribution in [2.75, 3.05) is 25.1 Å². The molecule has 0 aliphatic rings. The van der Waals surface area contributed by atoms with E-state index < -0.39 is 0 Å². The summed E-state index contributed by atoms with van der Waals surface area (Å²) in [6.07, 6.45) is 0. The Morgan fingerprint density at radius 2 is 1.29 bits per heavy atom. The maximum Gasteiger partial charge on any atom is 0.125 e. The van der Waals surface area contributed by atoms with E-state index in [-0.39, 0.29) is 5.92 Å². The van der Waals surface area contributed by atoms with E-state index in [0.717, 1.165) is 29.9 Å². The molecule has 0 spiro atoms. The van der Waals surface area contributed by atoms with Gasteiger partial charge in [-0.2, -0.15) is 0 Å². The topological polar surface area (TPSA) is 44.0 Å². The quantitative estimate of drug-likeness (QED) is 0.273. The van der Waals surface area contributed by atoms with Gasteiger partial charge in [-0.05, 0) is 57.0 Å². The van der Waals surface area contributed by atoms with Gasteiger partial charge in [0.15, 0.2) is 0 Å². The standard InChI is InChI=1S/C30H33N3O/c1-6-33(7-2)21-16-17-24(27(18-21)34-5)30(28-19(3)31-25-14-10-8-12-22(25)28)29-20(4)32-26-15-11-9-13-23(26)29/h8-18,30-32H,6-7H2,1-5H3. The van der Waals surface area contributed by atoms with E-state index in [0.29, 0.717) is 0 Å². The van der Waals surface area contributed by atoms with E-state index in [9.17, 15) is 0 Å². The lowest BCUT2D eigenvalue weighted by Gasteiger charge is -2.26. The van der Waals surface area contributed by atoms with Crippen molar-refractivity contribution in [3.05, 3.63) is 94.8 Å². The normalized spacial score (nSPS) is 11.6. The highest BCUT2D eigenvalue weighted by atomic mass is 16.5. The third-order valence-electron chi connectivity index (χ3n) is 7.12. The van der Waals surface area contributed by atoms with Gasteiger partial charge >= 0.3 is 0 Å². The summed E-state index contributed by atoms with van der Waals surface area (Å²) < 4.78 is 6.06. The maximum atomic E-state index is 6.06. The van der Waals surface area contributed by atoms with Crippen LogP contribution >= 0.6 is 0 Å². The second-order valence-corrected chi connectivity index (χ2v) is 8.95. The highest BCUT2D eigenvalue weighted by Crippen LogP contribution is 2.46. The molecule has 5 aromatic rings. The van der Waals surface area contributed by atoms with Crippen LogP contribution in [-0.4, -0.2) is 30.2 Å². The lowest BCUT2D eigenvalue weighted by molar-refractivity contribution is 0.409. The monoisotopic (exact) mass is 451 g/mol. The van der Waals surface area contributed by atoms with Crippen LogP contribution in [0.5, 0.6) is 5.75 Å². The van der Waals surface area contributed by atoms with Crippen LogP contribution in [0.4, 0.5) is 5.69 Å². The molecule has 0 aliphatic heterocycles. The molecule has 0 radical (unpaired) electrons. The number of benzene rings is 3. The second kappa shape index (κ2) is 8.94. The zero-order valence-electron chi connectivity index (χ0n) is 20.7. The minimum absolute atomic E-state index is 0.0213. The van der Waals surface area contributed by atoms with Gasteiger partial charge in [-0.1, -0.05) is 42.5 Å². The van der Waals surface area contributed by atoms with Crippen LogP contribution in [-0.2, 0) is 0 Å². The van der Waals surface area contributed by atoms with Gasteiger partial charge < -0.3 is 19.6 Å². The summed E-state index contributed by atoms with van der Waals surface area (Å²) in [5.74, 6) is 0.941. The summed E-state index contributed by atoms with van der Waals surface area (Å²) in [7, 11) is 1.78. The molecule has 0 unspecified atom stereocenters. The van der Waals surface area contributed by atoms with Crippen molar-refractivity contribution < 1.29 is 4.74 Å². The largest absolute Gasteiger partial charge is 0.496 e. The number of aromatic amines is 2. The summed E-state index contributed by atoms with van der Waals surface area (Å²) in [6, 6.07) is 23.9. The van der Waals surface area contributed by atoms with Crippen LogP contribution in [0, 0.1) is 13.8 Å². The molecule has 0 fully saturated rings. The Morgan fingerprint density at radius 1 is 0.765 bits per heavy atom. The van der Waals surface area contributed by atoms with Crippen LogP contribution in [0.25, 0.3) is 21.8 Å². The van der Waals surface area contributed by atoms with Gasteiger partial charge in [0.2, 0.25) is 0 Å². The van der Waals surface area contributed by atoms with Gasteiger partial charge in [-0.3, -0.25) is 0 Å². The molecule has 0 saturated carbocycles. The minimum Gasteiger partial charge on any atom is -0.496 e. The van der Waals surface area contributed by atoms with Crippen molar-refractivity contribution in [1.82, 2.24) is 9.97 Å². The molecule has 4 nitrogen and oxygen atoms in total. The van der Waals surface area contributed by atoms with Crippen LogP contribution in [0.15, 0.2) is 66.7 Å². The minimum atomic E-state index is 0.0213. The zero-order valence-corrected chi connectivity index (χ0v) is 20.7. The number of nitrogens with zero attached hydrogens (tertiary/aromatic N) is 1. The summed E-state index contributed by atoms with van der Waals surface area (Å²) in [5, 5.41) is 2.51. The molecule has 2 heterocycles. The van der Waals surface area contributed by atoms with Crippen molar-refractivity contribution in [1.29, 1.82) is 0 Å². The predicted octanol–water partition coefficient (Wildman–Crippen LogP) is 7.30. The van der Waals surface area contributed by atoms with Gasteiger partial charge in [0.1, 0.15) is 5.75 Å². The van der Waals surface area contributed by atoms with Crippen molar-refractivity contribution in [3.63, 3.8) is 0 Å². The number of para-hydroxylation sites is 2. The van der Waals surface area contributed by atoms with E-state index in [1.54, 1.807) is 7.11 Å². The Morgan fingerprint density at radius 3 is 1.79 bits per heavy atom. The molecule has 0 amide bonds. The van der Waals surface area contributed by atoms with E-state index in [2.05, 4.69) is 109 Å². The van der Waals surface area contributed by atoms with Gasteiger partial charge in [-0.25, -0.2) is 0 Å². The Kier molecular flexibility index (Phi) is 5.82. The number of hydrogen-bond acceptors (Lipinski definition) is 2. The van der Waals surface area contributed by atoms with Crippen LogP contribution in [0.2, 0.25) is 0 Å². The first kappa shape index (κ1) is 22.1. The number of methoxy groups -OCH3 is 1. The molecule has 0 atom stereocenters. The van der Waals surface area contributed by atoms with Crippen molar-refractivity contribution in [2.24, 2.45) is 0 Å². The molecular formula is C30H33N3O. The van der Waals surface area contributed by atoms with Crippen LogP contribution in [0.3, 0.4) is 0 Å². The van der Waals surface area contributed by atoms with Gasteiger partial charge in [0.25, 0.3) is 0 Å². The average molecular weight is 452 g/mol. The third kappa shape index (κ3) is 3.54. The Balaban J connectivity index is 1.83. The molecule has 174 valence electrons. The number of hydrogen-bond donors (Lipinski definition) is 2. The smallest absolute Gasteiger partial charge is 0.125 e. The fourth-order valence-electron chi connectivity index (χ4n) is 5.52. The molecule has 34 heavy (non-hydrogen) atoms. The number of rotatable bonds is 7. The summed E-state index contributed by atoms with van der Waals surface area (Å²) >= 11 is 0. The van der Waals surface area contributed by atoms with Crippen molar-refractivity contribution in [2.45, 2.75) is 33.6 Å². The highest BCUT2D eigenvalue weighted by molar-refractivity contribution is 5.91. The Bertz CT molecular complexity index is 1380. The number of anilines is 1. The summed E-state index contributed by atoms with van der Waals surface area (Å²) in [6.45, 7) is 10.7. The molecule has 0 bridgehead atoms. The average Bonchev–Trinajstić information content (AvgIpc) is 3.37. The Hall–Kier alpha value is -3.66. The molecule has 4 heteroatoms. The lowest BCUT2D eigenvalue weighted by Crippen LogP contribution is -2.22. The summed E-state index contributed by atoms with van der Waals surface area (Å²) in [4.78, 5) is 9.62. The van der Waals surface area contributed by atoms with Gasteiger partial charge in [-0.15, -0.1) is 0 Å². The zero-order chi connectivity index (χ0) is 23.8. The molecule has 5 rings (SSSR count). The Labute approximate surface area is 201 Å². The molecule has 2 aromatic heterocycles. The van der Waals surface area contributed by atoms with E-state index in [1.807, 2.05) is 0 Å². The number of H-pyrrole nitrogens is 2. The highest BCUT2D eigenvalue weighted by Gasteiger charge is 2.29. The number of aromatic nitrogens is 2. The summed E-state index contributed by atoms with van der Waals surface area (Å²) in [5.41, 5.74) is 9.67. The SMILES string of the molecule is CCN(CC)c1ccc(C(c2c(C)[nH]c3ccccc23)c2c(C)[nH]c3ccccc23)c(OC)c1. The predicted molar refractivity (Wildman–Crippen MR) is 144 cm³/mol. The molecule has 0 aliphatic carbocycles. The van der Waals surface area contributed by atoms with Gasteiger partial charge in [0.05, 0.1) is 7.11 Å². The van der Waals surface area contributed by atoms with E-state index in [4.69, 9.17) is 4.74 Å². The number of aryl methyl sites for hydroxylation is 2. The molecule has 2 N–H and O–H groups in total. The van der Waals surface area contributed by atoms with Crippen LogP contribution in [0.1, 0.15) is 47.8 Å². The molecule has 3 aromatic carbocycles. The number of fused-ring (bicyclic) bond motifs is 2. The first-order chi connectivity index (χ1) is 16.6.